The number of aromatic amines is 1. The van der Waals surface area contributed by atoms with Crippen molar-refractivity contribution in [2.45, 2.75) is 25.9 Å². The van der Waals surface area contributed by atoms with Crippen molar-refractivity contribution in [2.75, 3.05) is 0 Å². The molecule has 2 heterocycles. The maximum atomic E-state index is 12.7. The van der Waals surface area contributed by atoms with Gasteiger partial charge in [-0.25, -0.2) is 4.98 Å². The minimum atomic E-state index is -0.171. The summed E-state index contributed by atoms with van der Waals surface area (Å²) in [5.41, 5.74) is 2.95. The number of carbonyl (C=O) groups is 1. The molecular formula is C22H21ClN4O. The third-order valence-corrected chi connectivity index (χ3v) is 5.04. The maximum Gasteiger partial charge on any atom is 0.240 e. The first-order valence-corrected chi connectivity index (χ1v) is 9.66. The number of hydrogen-bond acceptors (Lipinski definition) is 2. The fourth-order valence-corrected chi connectivity index (χ4v) is 3.50. The van der Waals surface area contributed by atoms with Crippen LogP contribution < -0.4 is 5.32 Å². The van der Waals surface area contributed by atoms with Gasteiger partial charge in [0.25, 0.3) is 0 Å². The van der Waals surface area contributed by atoms with Crippen LogP contribution in [0.3, 0.4) is 0 Å². The molecule has 2 aromatic carbocycles. The molecule has 1 amide bonds. The molecule has 1 unspecified atom stereocenters. The van der Waals surface area contributed by atoms with E-state index in [2.05, 4.69) is 15.3 Å². The van der Waals surface area contributed by atoms with Gasteiger partial charge in [-0.15, -0.1) is 0 Å². The Bertz CT molecular complexity index is 1100. The predicted molar refractivity (Wildman–Crippen MR) is 112 cm³/mol. The highest BCUT2D eigenvalue weighted by atomic mass is 35.5. The van der Waals surface area contributed by atoms with E-state index in [0.29, 0.717) is 5.02 Å². The zero-order valence-electron chi connectivity index (χ0n) is 15.5. The van der Waals surface area contributed by atoms with E-state index in [4.69, 9.17) is 11.6 Å². The van der Waals surface area contributed by atoms with Crippen molar-refractivity contribution in [3.8, 4) is 11.3 Å². The largest absolute Gasteiger partial charge is 0.345 e. The third kappa shape index (κ3) is 3.80. The van der Waals surface area contributed by atoms with Gasteiger partial charge in [-0.2, -0.15) is 0 Å². The van der Waals surface area contributed by atoms with Gasteiger partial charge in [0.1, 0.15) is 12.4 Å². The minimum absolute atomic E-state index is 0.0676. The Morgan fingerprint density at radius 1 is 1.21 bits per heavy atom. The van der Waals surface area contributed by atoms with Gasteiger partial charge in [0, 0.05) is 16.7 Å². The van der Waals surface area contributed by atoms with Crippen molar-refractivity contribution in [1.82, 2.24) is 19.9 Å². The summed E-state index contributed by atoms with van der Waals surface area (Å²) < 4.78 is 1.90. The van der Waals surface area contributed by atoms with Crippen LogP contribution in [0.25, 0.3) is 22.2 Å². The molecule has 5 nitrogen and oxygen atoms in total. The van der Waals surface area contributed by atoms with Crippen LogP contribution in [0.2, 0.25) is 5.02 Å². The molecule has 1 atom stereocenters. The minimum Gasteiger partial charge on any atom is -0.345 e. The zero-order chi connectivity index (χ0) is 19.5. The molecule has 6 heteroatoms. The number of amides is 1. The summed E-state index contributed by atoms with van der Waals surface area (Å²) in [6.45, 7) is 2.26. The third-order valence-electron chi connectivity index (χ3n) is 4.80. The Hall–Kier alpha value is -3.05. The molecule has 2 aromatic heterocycles. The summed E-state index contributed by atoms with van der Waals surface area (Å²) >= 11 is 6.10. The van der Waals surface area contributed by atoms with E-state index in [9.17, 15) is 4.79 Å². The number of H-pyrrole nitrogens is 1. The van der Waals surface area contributed by atoms with E-state index >= 15 is 0 Å². The molecule has 0 radical (unpaired) electrons. The first kappa shape index (κ1) is 18.3. The molecular weight excluding hydrogens is 372 g/mol. The normalized spacial score (nSPS) is 12.2. The van der Waals surface area contributed by atoms with Crippen molar-refractivity contribution in [3.63, 3.8) is 0 Å². The lowest BCUT2D eigenvalue weighted by atomic mass is 10.2. The van der Waals surface area contributed by atoms with Crippen molar-refractivity contribution in [3.05, 3.63) is 77.8 Å². The Labute approximate surface area is 168 Å². The smallest absolute Gasteiger partial charge is 0.240 e. The van der Waals surface area contributed by atoms with Gasteiger partial charge in [0.05, 0.1) is 17.9 Å². The molecule has 0 aliphatic carbocycles. The van der Waals surface area contributed by atoms with Crippen molar-refractivity contribution in [1.29, 1.82) is 0 Å². The maximum absolute atomic E-state index is 12.7. The molecule has 2 N–H and O–H groups in total. The van der Waals surface area contributed by atoms with E-state index in [1.54, 1.807) is 6.20 Å². The standard InChI is InChI=1S/C22H21ClN4O/c1-2-18(22-24-13-19(26-22)15-6-4-3-5-7-15)25-21(28)14-27-11-10-16-8-9-17(23)12-20(16)27/h3-13,18H,2,14H2,1H3,(H,24,26)(H,25,28). The van der Waals surface area contributed by atoms with Crippen molar-refractivity contribution < 1.29 is 4.79 Å². The first-order chi connectivity index (χ1) is 13.6. The van der Waals surface area contributed by atoms with Crippen molar-refractivity contribution >= 4 is 28.4 Å². The van der Waals surface area contributed by atoms with Crippen molar-refractivity contribution in [2.24, 2.45) is 0 Å². The highest BCUT2D eigenvalue weighted by Gasteiger charge is 2.17. The zero-order valence-corrected chi connectivity index (χ0v) is 16.3. The van der Waals surface area contributed by atoms with Crippen LogP contribution in [-0.4, -0.2) is 20.4 Å². The summed E-state index contributed by atoms with van der Waals surface area (Å²) in [5, 5.41) is 4.79. The van der Waals surface area contributed by atoms with E-state index in [-0.39, 0.29) is 18.5 Å². The second-order valence-electron chi connectivity index (χ2n) is 6.72. The summed E-state index contributed by atoms with van der Waals surface area (Å²) in [7, 11) is 0. The quantitative estimate of drug-likeness (QED) is 0.487. The highest BCUT2D eigenvalue weighted by molar-refractivity contribution is 6.31. The number of nitrogens with one attached hydrogen (secondary N) is 2. The number of carbonyl (C=O) groups excluding carboxylic acids is 1. The number of hydrogen-bond donors (Lipinski definition) is 2. The lowest BCUT2D eigenvalue weighted by molar-refractivity contribution is -0.122. The van der Waals surface area contributed by atoms with Gasteiger partial charge in [-0.05, 0) is 35.6 Å². The van der Waals surface area contributed by atoms with Crippen LogP contribution in [-0.2, 0) is 11.3 Å². The summed E-state index contributed by atoms with van der Waals surface area (Å²) in [5.74, 6) is 0.692. The molecule has 0 fully saturated rings. The second kappa shape index (κ2) is 7.90. The van der Waals surface area contributed by atoms with Gasteiger partial charge in [0.2, 0.25) is 5.91 Å². The number of nitrogens with zero attached hydrogens (tertiary/aromatic N) is 2. The molecule has 0 spiro atoms. The molecule has 0 saturated carbocycles. The topological polar surface area (TPSA) is 62.7 Å². The Balaban J connectivity index is 1.48. The van der Waals surface area contributed by atoms with Crippen LogP contribution in [0.1, 0.15) is 25.2 Å². The van der Waals surface area contributed by atoms with Crippen LogP contribution in [0, 0.1) is 0 Å². The Kier molecular flexibility index (Phi) is 5.17. The van der Waals surface area contributed by atoms with Crippen LogP contribution in [0.4, 0.5) is 0 Å². The van der Waals surface area contributed by atoms with E-state index < -0.39 is 0 Å². The summed E-state index contributed by atoms with van der Waals surface area (Å²) in [6.07, 6.45) is 4.45. The van der Waals surface area contributed by atoms with Gasteiger partial charge in [0.15, 0.2) is 0 Å². The number of halogens is 1. The van der Waals surface area contributed by atoms with Crippen LogP contribution in [0.15, 0.2) is 67.0 Å². The van der Waals surface area contributed by atoms with Gasteiger partial charge >= 0.3 is 0 Å². The monoisotopic (exact) mass is 392 g/mol. The lowest BCUT2D eigenvalue weighted by Crippen LogP contribution is -2.31. The predicted octanol–water partition coefficient (Wildman–Crippen LogP) is 4.95. The fourth-order valence-electron chi connectivity index (χ4n) is 3.33. The molecule has 4 rings (SSSR count). The SMILES string of the molecule is CCC(NC(=O)Cn1ccc2ccc(Cl)cc21)c1ncc(-c2ccccc2)[nH]1. The fraction of sp³-hybridized carbons (Fsp3) is 0.182. The van der Waals surface area contributed by atoms with E-state index in [0.717, 1.165) is 34.4 Å². The molecule has 0 aliphatic rings. The lowest BCUT2D eigenvalue weighted by Gasteiger charge is -2.15. The molecule has 0 bridgehead atoms. The Morgan fingerprint density at radius 2 is 2.04 bits per heavy atom. The summed E-state index contributed by atoms with van der Waals surface area (Å²) in [4.78, 5) is 20.5. The molecule has 142 valence electrons. The number of imidazole rings is 1. The first-order valence-electron chi connectivity index (χ1n) is 9.28. The molecule has 0 saturated heterocycles. The van der Waals surface area contributed by atoms with Gasteiger partial charge < -0.3 is 14.9 Å². The molecule has 0 aliphatic heterocycles. The average Bonchev–Trinajstić information content (AvgIpc) is 3.34. The average molecular weight is 393 g/mol. The Morgan fingerprint density at radius 3 is 2.82 bits per heavy atom. The van der Waals surface area contributed by atoms with E-state index in [1.807, 2.05) is 72.3 Å². The number of aromatic nitrogens is 3. The number of benzene rings is 2. The van der Waals surface area contributed by atoms with Gasteiger partial charge in [-0.1, -0.05) is 54.9 Å². The summed E-state index contributed by atoms with van der Waals surface area (Å²) in [6, 6.07) is 17.5. The second-order valence-corrected chi connectivity index (χ2v) is 7.16. The molecule has 4 aromatic rings. The van der Waals surface area contributed by atoms with Crippen LogP contribution in [0.5, 0.6) is 0 Å². The highest BCUT2D eigenvalue weighted by Crippen LogP contribution is 2.22. The number of fused-ring (bicyclic) bond motifs is 1. The van der Waals surface area contributed by atoms with E-state index in [1.165, 1.54) is 0 Å². The van der Waals surface area contributed by atoms with Crippen LogP contribution >= 0.6 is 11.6 Å². The van der Waals surface area contributed by atoms with Gasteiger partial charge in [-0.3, -0.25) is 4.79 Å². The molecule has 28 heavy (non-hydrogen) atoms. The number of rotatable bonds is 6.